The molecular weight excluding hydrogens is 300 g/mol. The zero-order chi connectivity index (χ0) is 12.3. The summed E-state index contributed by atoms with van der Waals surface area (Å²) >= 11 is 4.65. The van der Waals surface area contributed by atoms with Crippen molar-refractivity contribution in [2.75, 3.05) is 5.32 Å². The number of nitrogens with zero attached hydrogens (tertiary/aromatic N) is 1. The van der Waals surface area contributed by atoms with E-state index in [1.165, 1.54) is 11.3 Å². The molecular formula is C12H7BrN2OS. The lowest BCUT2D eigenvalue weighted by Gasteiger charge is -2.05. The van der Waals surface area contributed by atoms with Crippen LogP contribution in [0.5, 0.6) is 0 Å². The molecule has 3 nitrogen and oxygen atoms in total. The molecule has 0 atom stereocenters. The highest BCUT2D eigenvalue weighted by Crippen LogP contribution is 2.24. The number of nitrogens with one attached hydrogen (secondary N) is 1. The molecule has 17 heavy (non-hydrogen) atoms. The SMILES string of the molecule is N#Cc1ccccc1NC(=O)c1sccc1Br. The lowest BCUT2D eigenvalue weighted by Crippen LogP contribution is -2.11. The number of hydrogen-bond donors (Lipinski definition) is 1. The molecule has 0 aliphatic heterocycles. The smallest absolute Gasteiger partial charge is 0.266 e. The van der Waals surface area contributed by atoms with E-state index in [4.69, 9.17) is 5.26 Å². The summed E-state index contributed by atoms with van der Waals surface area (Å²) in [6.07, 6.45) is 0. The van der Waals surface area contributed by atoms with Gasteiger partial charge in [-0.25, -0.2) is 0 Å². The van der Waals surface area contributed by atoms with Crippen LogP contribution in [-0.2, 0) is 0 Å². The first-order chi connectivity index (χ1) is 8.22. The normalized spacial score (nSPS) is 9.65. The number of benzene rings is 1. The van der Waals surface area contributed by atoms with Gasteiger partial charge in [0.25, 0.3) is 5.91 Å². The standard InChI is InChI=1S/C12H7BrN2OS/c13-9-5-6-17-11(9)12(16)15-10-4-2-1-3-8(10)7-14/h1-6H,(H,15,16). The second-order valence-electron chi connectivity index (χ2n) is 3.21. The van der Waals surface area contributed by atoms with Crippen LogP contribution in [0.1, 0.15) is 15.2 Å². The van der Waals surface area contributed by atoms with E-state index in [1.807, 2.05) is 17.5 Å². The van der Waals surface area contributed by atoms with E-state index in [9.17, 15) is 4.79 Å². The molecule has 84 valence electrons. The molecule has 0 radical (unpaired) electrons. The third-order valence-corrected chi connectivity index (χ3v) is 3.96. The van der Waals surface area contributed by atoms with Gasteiger partial charge in [0.15, 0.2) is 0 Å². The van der Waals surface area contributed by atoms with Crippen LogP contribution < -0.4 is 5.32 Å². The summed E-state index contributed by atoms with van der Waals surface area (Å²) in [5.41, 5.74) is 0.980. The summed E-state index contributed by atoms with van der Waals surface area (Å²) in [5, 5.41) is 13.5. The molecule has 1 N–H and O–H groups in total. The second kappa shape index (κ2) is 5.13. The van der Waals surface area contributed by atoms with Gasteiger partial charge in [0.1, 0.15) is 10.9 Å². The monoisotopic (exact) mass is 306 g/mol. The fourth-order valence-electron chi connectivity index (χ4n) is 1.32. The van der Waals surface area contributed by atoms with Gasteiger partial charge in [-0.05, 0) is 39.5 Å². The zero-order valence-corrected chi connectivity index (χ0v) is 11.0. The molecule has 1 aromatic carbocycles. The average molecular weight is 307 g/mol. The van der Waals surface area contributed by atoms with Crippen molar-refractivity contribution in [3.8, 4) is 6.07 Å². The molecule has 5 heteroatoms. The van der Waals surface area contributed by atoms with Crippen LogP contribution in [0.4, 0.5) is 5.69 Å². The molecule has 0 fully saturated rings. The fraction of sp³-hybridized carbons (Fsp3) is 0. The summed E-state index contributed by atoms with van der Waals surface area (Å²) in [5.74, 6) is -0.213. The first kappa shape index (κ1) is 11.8. The van der Waals surface area contributed by atoms with Crippen LogP contribution in [-0.4, -0.2) is 5.91 Å². The molecule has 0 saturated carbocycles. The highest BCUT2D eigenvalue weighted by molar-refractivity contribution is 9.10. The zero-order valence-electron chi connectivity index (χ0n) is 8.61. The summed E-state index contributed by atoms with van der Waals surface area (Å²) in [7, 11) is 0. The molecule has 1 aromatic heterocycles. The molecule has 0 spiro atoms. The van der Waals surface area contributed by atoms with Gasteiger partial charge < -0.3 is 5.32 Å². The Morgan fingerprint density at radius 2 is 2.12 bits per heavy atom. The Kier molecular flexibility index (Phi) is 3.57. The van der Waals surface area contributed by atoms with Gasteiger partial charge in [-0.15, -0.1) is 11.3 Å². The minimum absolute atomic E-state index is 0.213. The first-order valence-electron chi connectivity index (χ1n) is 4.76. The van der Waals surface area contributed by atoms with Gasteiger partial charge in [0, 0.05) is 4.47 Å². The third kappa shape index (κ3) is 2.54. The van der Waals surface area contributed by atoms with E-state index >= 15 is 0 Å². The van der Waals surface area contributed by atoms with Crippen LogP contribution in [0.3, 0.4) is 0 Å². The number of halogens is 1. The lowest BCUT2D eigenvalue weighted by molar-refractivity contribution is 0.103. The van der Waals surface area contributed by atoms with Gasteiger partial charge in [-0.1, -0.05) is 12.1 Å². The number of thiophene rings is 1. The maximum atomic E-state index is 11.9. The Balaban J connectivity index is 2.26. The van der Waals surface area contributed by atoms with Gasteiger partial charge in [-0.2, -0.15) is 5.26 Å². The summed E-state index contributed by atoms with van der Waals surface area (Å²) in [4.78, 5) is 12.5. The fourth-order valence-corrected chi connectivity index (χ4v) is 2.77. The van der Waals surface area contributed by atoms with Gasteiger partial charge >= 0.3 is 0 Å². The number of hydrogen-bond acceptors (Lipinski definition) is 3. The Labute approximate surface area is 111 Å². The number of amides is 1. The Morgan fingerprint density at radius 3 is 2.76 bits per heavy atom. The van der Waals surface area contributed by atoms with Crippen molar-refractivity contribution in [1.82, 2.24) is 0 Å². The lowest BCUT2D eigenvalue weighted by atomic mass is 10.2. The first-order valence-corrected chi connectivity index (χ1v) is 6.43. The maximum Gasteiger partial charge on any atom is 0.266 e. The van der Waals surface area contributed by atoms with E-state index in [0.29, 0.717) is 16.1 Å². The van der Waals surface area contributed by atoms with E-state index in [2.05, 4.69) is 21.2 Å². The Morgan fingerprint density at radius 1 is 1.35 bits per heavy atom. The highest BCUT2D eigenvalue weighted by Gasteiger charge is 2.12. The third-order valence-electron chi connectivity index (χ3n) is 2.12. The predicted octanol–water partition coefficient (Wildman–Crippen LogP) is 3.63. The number of carbonyl (C=O) groups is 1. The number of para-hydroxylation sites is 1. The minimum Gasteiger partial charge on any atom is -0.320 e. The van der Waals surface area contributed by atoms with Crippen molar-refractivity contribution in [2.24, 2.45) is 0 Å². The molecule has 1 amide bonds. The largest absolute Gasteiger partial charge is 0.320 e. The van der Waals surface area contributed by atoms with Crippen molar-refractivity contribution in [3.05, 3.63) is 50.6 Å². The van der Waals surface area contributed by atoms with E-state index in [-0.39, 0.29) is 5.91 Å². The molecule has 1 heterocycles. The molecule has 2 rings (SSSR count). The maximum absolute atomic E-state index is 11.9. The Hall–Kier alpha value is -1.64. The molecule has 0 unspecified atom stereocenters. The predicted molar refractivity (Wildman–Crippen MR) is 71.1 cm³/mol. The number of anilines is 1. The topological polar surface area (TPSA) is 52.9 Å². The summed E-state index contributed by atoms with van der Waals surface area (Å²) < 4.78 is 0.759. The summed E-state index contributed by atoms with van der Waals surface area (Å²) in [6.45, 7) is 0. The minimum atomic E-state index is -0.213. The number of carbonyl (C=O) groups excluding carboxylic acids is 1. The van der Waals surface area contributed by atoms with E-state index < -0.39 is 0 Å². The summed E-state index contributed by atoms with van der Waals surface area (Å²) in [6, 6.07) is 10.8. The average Bonchev–Trinajstić information content (AvgIpc) is 2.76. The number of nitriles is 1. The molecule has 0 aliphatic carbocycles. The van der Waals surface area contributed by atoms with Crippen molar-refractivity contribution >= 4 is 38.9 Å². The van der Waals surface area contributed by atoms with Crippen molar-refractivity contribution in [2.45, 2.75) is 0 Å². The van der Waals surface area contributed by atoms with Crippen molar-refractivity contribution < 1.29 is 4.79 Å². The van der Waals surface area contributed by atoms with Gasteiger partial charge in [0.2, 0.25) is 0 Å². The van der Waals surface area contributed by atoms with Crippen LogP contribution in [0.2, 0.25) is 0 Å². The van der Waals surface area contributed by atoms with E-state index in [1.54, 1.807) is 24.3 Å². The van der Waals surface area contributed by atoms with Crippen LogP contribution in [0, 0.1) is 11.3 Å². The molecule has 0 bridgehead atoms. The van der Waals surface area contributed by atoms with Gasteiger partial charge in [-0.3, -0.25) is 4.79 Å². The second-order valence-corrected chi connectivity index (χ2v) is 4.98. The highest BCUT2D eigenvalue weighted by atomic mass is 79.9. The van der Waals surface area contributed by atoms with Crippen LogP contribution in [0.25, 0.3) is 0 Å². The molecule has 2 aromatic rings. The number of rotatable bonds is 2. The van der Waals surface area contributed by atoms with Gasteiger partial charge in [0.05, 0.1) is 11.3 Å². The molecule has 0 aliphatic rings. The molecule has 0 saturated heterocycles. The van der Waals surface area contributed by atoms with Crippen LogP contribution >= 0.6 is 27.3 Å². The quantitative estimate of drug-likeness (QED) is 0.921. The van der Waals surface area contributed by atoms with Crippen molar-refractivity contribution in [3.63, 3.8) is 0 Å². The van der Waals surface area contributed by atoms with Crippen molar-refractivity contribution in [1.29, 1.82) is 5.26 Å². The van der Waals surface area contributed by atoms with E-state index in [0.717, 1.165) is 4.47 Å². The van der Waals surface area contributed by atoms with Crippen LogP contribution in [0.15, 0.2) is 40.2 Å². The Bertz CT molecular complexity index is 601.